The molecule has 0 bridgehead atoms. The molecule has 0 spiro atoms. The first-order chi connectivity index (χ1) is 15.8. The van der Waals surface area contributed by atoms with E-state index in [9.17, 15) is 9.59 Å². The van der Waals surface area contributed by atoms with Gasteiger partial charge in [-0.3, -0.25) is 9.59 Å². The molecule has 0 aliphatic rings. The number of nitrogens with two attached hydrogens (primary N) is 1. The summed E-state index contributed by atoms with van der Waals surface area (Å²) in [4.78, 5) is 27.1. The zero-order chi connectivity index (χ0) is 27.5. The molecular weight excluding hydrogens is 440 g/mol. The van der Waals surface area contributed by atoms with Gasteiger partial charge in [-0.2, -0.15) is 0 Å². The Labute approximate surface area is 217 Å². The molecule has 6 heteroatoms. The Balaban J connectivity index is 4.69. The van der Waals surface area contributed by atoms with Gasteiger partial charge < -0.3 is 20.1 Å². The Kier molecular flexibility index (Phi) is 14.1. The summed E-state index contributed by atoms with van der Waals surface area (Å²) in [6, 6.07) is 0. The molecule has 0 heterocycles. The molecule has 35 heavy (non-hydrogen) atoms. The van der Waals surface area contributed by atoms with Gasteiger partial charge in [-0.1, -0.05) is 76.2 Å². The summed E-state index contributed by atoms with van der Waals surface area (Å²) in [5.41, 5.74) is 5.93. The molecule has 2 N–H and O–H groups in total. The van der Waals surface area contributed by atoms with Crippen LogP contribution >= 0.6 is 0 Å². The third-order valence-electron chi connectivity index (χ3n) is 6.47. The largest absolute Gasteiger partial charge is 0.465 e. The van der Waals surface area contributed by atoms with Gasteiger partial charge in [-0.15, -0.1) is 0 Å². The molecule has 0 fully saturated rings. The summed E-state index contributed by atoms with van der Waals surface area (Å²) in [7, 11) is 0. The first-order valence-electron chi connectivity index (χ1n) is 13.5. The van der Waals surface area contributed by atoms with Crippen LogP contribution in [0.15, 0.2) is 0 Å². The van der Waals surface area contributed by atoms with Crippen LogP contribution in [0, 0.1) is 27.6 Å². The van der Waals surface area contributed by atoms with Gasteiger partial charge in [0, 0.05) is 18.5 Å². The molecule has 1 unspecified atom stereocenters. The zero-order valence-corrected chi connectivity index (χ0v) is 25.0. The standard InChI is InChI=1S/C29H58N2O4/c1-23(2)29(11,20-27(6,7)8)22-35-25(33)14-18-31(16-12-15-30)17-13-24(32)34-21-28(9,10)19-26(3,4)5/h23H,12-22,30H2,1-11H3. The number of nitrogens with zero attached hydrogens (tertiary/aromatic N) is 1. The van der Waals surface area contributed by atoms with Crippen LogP contribution in [0.4, 0.5) is 0 Å². The van der Waals surface area contributed by atoms with Crippen molar-refractivity contribution in [2.45, 2.75) is 108 Å². The van der Waals surface area contributed by atoms with Gasteiger partial charge in [-0.25, -0.2) is 0 Å². The highest BCUT2D eigenvalue weighted by Gasteiger charge is 2.34. The highest BCUT2D eigenvalue weighted by Crippen LogP contribution is 2.39. The van der Waals surface area contributed by atoms with E-state index in [4.69, 9.17) is 15.2 Å². The molecule has 0 aliphatic heterocycles. The Morgan fingerprint density at radius 3 is 1.60 bits per heavy atom. The lowest BCUT2D eigenvalue weighted by molar-refractivity contribution is -0.149. The van der Waals surface area contributed by atoms with Crippen LogP contribution in [-0.4, -0.2) is 56.2 Å². The van der Waals surface area contributed by atoms with Crippen molar-refractivity contribution in [3.63, 3.8) is 0 Å². The van der Waals surface area contributed by atoms with Crippen molar-refractivity contribution in [2.75, 3.05) is 39.4 Å². The minimum atomic E-state index is -0.192. The molecule has 0 saturated carbocycles. The van der Waals surface area contributed by atoms with Crippen molar-refractivity contribution >= 4 is 11.9 Å². The molecule has 1 atom stereocenters. The number of hydrogen-bond acceptors (Lipinski definition) is 6. The van der Waals surface area contributed by atoms with Gasteiger partial charge in [0.05, 0.1) is 26.1 Å². The maximum Gasteiger partial charge on any atom is 0.307 e. The van der Waals surface area contributed by atoms with E-state index in [1.165, 1.54) is 0 Å². The highest BCUT2D eigenvalue weighted by atomic mass is 16.5. The van der Waals surface area contributed by atoms with Crippen molar-refractivity contribution in [3.05, 3.63) is 0 Å². The van der Waals surface area contributed by atoms with E-state index in [1.54, 1.807) is 0 Å². The molecule has 0 aromatic rings. The van der Waals surface area contributed by atoms with Crippen LogP contribution in [0.3, 0.4) is 0 Å². The third-order valence-corrected chi connectivity index (χ3v) is 6.47. The second-order valence-electron chi connectivity index (χ2n) is 14.3. The Bertz CT molecular complexity index is 632. The predicted octanol–water partition coefficient (Wildman–Crippen LogP) is 6.06. The smallest absolute Gasteiger partial charge is 0.307 e. The Morgan fingerprint density at radius 1 is 0.743 bits per heavy atom. The van der Waals surface area contributed by atoms with Crippen molar-refractivity contribution in [1.82, 2.24) is 4.90 Å². The minimum absolute atomic E-state index is 0.0579. The van der Waals surface area contributed by atoms with Gasteiger partial charge in [0.25, 0.3) is 0 Å². The molecule has 0 amide bonds. The molecule has 6 nitrogen and oxygen atoms in total. The van der Waals surface area contributed by atoms with Crippen molar-refractivity contribution in [3.8, 4) is 0 Å². The minimum Gasteiger partial charge on any atom is -0.465 e. The fourth-order valence-electron chi connectivity index (χ4n) is 4.93. The average molecular weight is 499 g/mol. The van der Waals surface area contributed by atoms with E-state index in [1.807, 2.05) is 0 Å². The van der Waals surface area contributed by atoms with Gasteiger partial charge in [0.2, 0.25) is 0 Å². The molecular formula is C29H58N2O4. The first-order valence-corrected chi connectivity index (χ1v) is 13.5. The van der Waals surface area contributed by atoms with E-state index in [2.05, 4.69) is 81.1 Å². The van der Waals surface area contributed by atoms with E-state index >= 15 is 0 Å². The fraction of sp³-hybridized carbons (Fsp3) is 0.931. The van der Waals surface area contributed by atoms with E-state index in [0.29, 0.717) is 51.6 Å². The maximum atomic E-state index is 12.6. The second-order valence-corrected chi connectivity index (χ2v) is 14.3. The quantitative estimate of drug-likeness (QED) is 0.260. The van der Waals surface area contributed by atoms with Crippen LogP contribution < -0.4 is 5.73 Å². The summed E-state index contributed by atoms with van der Waals surface area (Å²) in [5, 5.41) is 0. The lowest BCUT2D eigenvalue weighted by Gasteiger charge is -2.38. The molecule has 208 valence electrons. The molecule has 0 aromatic carbocycles. The van der Waals surface area contributed by atoms with Crippen molar-refractivity contribution in [2.24, 2.45) is 33.3 Å². The highest BCUT2D eigenvalue weighted by molar-refractivity contribution is 5.70. The van der Waals surface area contributed by atoms with E-state index in [-0.39, 0.29) is 33.6 Å². The van der Waals surface area contributed by atoms with Gasteiger partial charge in [0.15, 0.2) is 0 Å². The lowest BCUT2D eigenvalue weighted by atomic mass is 9.69. The number of carbonyl (C=O) groups is 2. The predicted molar refractivity (Wildman–Crippen MR) is 146 cm³/mol. The van der Waals surface area contributed by atoms with Crippen molar-refractivity contribution in [1.29, 1.82) is 0 Å². The molecule has 0 aromatic heterocycles. The third kappa shape index (κ3) is 17.0. The normalized spacial score (nSPS) is 14.8. The number of carbonyl (C=O) groups excluding carboxylic acids is 2. The van der Waals surface area contributed by atoms with Crippen LogP contribution in [0.25, 0.3) is 0 Å². The van der Waals surface area contributed by atoms with Gasteiger partial charge in [0.1, 0.15) is 0 Å². The SMILES string of the molecule is CC(C)C(C)(COC(=O)CCN(CCCN)CCC(=O)OCC(C)(C)CC(C)(C)C)CC(C)(C)C. The maximum absolute atomic E-state index is 12.6. The monoisotopic (exact) mass is 498 g/mol. The summed E-state index contributed by atoms with van der Waals surface area (Å²) >= 11 is 0. The van der Waals surface area contributed by atoms with Crippen LogP contribution in [-0.2, 0) is 19.1 Å². The number of rotatable bonds is 16. The Hall–Kier alpha value is -1.14. The van der Waals surface area contributed by atoms with E-state index < -0.39 is 0 Å². The molecule has 0 radical (unpaired) electrons. The fourth-order valence-corrected chi connectivity index (χ4v) is 4.93. The molecule has 0 aliphatic carbocycles. The topological polar surface area (TPSA) is 81.9 Å². The second kappa shape index (κ2) is 14.6. The van der Waals surface area contributed by atoms with Crippen LogP contribution in [0.2, 0.25) is 0 Å². The van der Waals surface area contributed by atoms with Gasteiger partial charge in [-0.05, 0) is 54.5 Å². The zero-order valence-electron chi connectivity index (χ0n) is 25.0. The summed E-state index contributed by atoms with van der Waals surface area (Å²) in [6.07, 6.45) is 3.40. The van der Waals surface area contributed by atoms with Crippen LogP contribution in [0.5, 0.6) is 0 Å². The number of esters is 2. The van der Waals surface area contributed by atoms with E-state index in [0.717, 1.165) is 25.8 Å². The van der Waals surface area contributed by atoms with Gasteiger partial charge >= 0.3 is 11.9 Å². The molecule has 0 saturated heterocycles. The summed E-state index contributed by atoms with van der Waals surface area (Å²) in [5.74, 6) is 0.0344. The summed E-state index contributed by atoms with van der Waals surface area (Å²) in [6.45, 7) is 27.4. The first kappa shape index (κ1) is 33.9. The summed E-state index contributed by atoms with van der Waals surface area (Å²) < 4.78 is 11.3. The average Bonchev–Trinajstić information content (AvgIpc) is 2.67. The lowest BCUT2D eigenvalue weighted by Crippen LogP contribution is -2.36. The van der Waals surface area contributed by atoms with Crippen LogP contribution in [0.1, 0.15) is 108 Å². The van der Waals surface area contributed by atoms with Crippen molar-refractivity contribution < 1.29 is 19.1 Å². The number of ether oxygens (including phenoxy) is 2. The Morgan fingerprint density at radius 2 is 1.20 bits per heavy atom. The molecule has 0 rings (SSSR count). The number of hydrogen-bond donors (Lipinski definition) is 1.